The van der Waals surface area contributed by atoms with Crippen LogP contribution in [0.5, 0.6) is 0 Å². The number of H-pyrrole nitrogens is 1. The van der Waals surface area contributed by atoms with Crippen LogP contribution in [0.15, 0.2) is 30.6 Å². The van der Waals surface area contributed by atoms with Crippen molar-refractivity contribution in [2.75, 3.05) is 13.2 Å². The van der Waals surface area contributed by atoms with Gasteiger partial charge in [-0.2, -0.15) is 5.10 Å². The highest BCUT2D eigenvalue weighted by Crippen LogP contribution is 2.29. The minimum absolute atomic E-state index is 0.113. The Kier molecular flexibility index (Phi) is 4.44. The first-order valence-electron chi connectivity index (χ1n) is 9.45. The van der Waals surface area contributed by atoms with E-state index < -0.39 is 0 Å². The molecule has 1 amide bonds. The lowest BCUT2D eigenvalue weighted by Gasteiger charge is -2.22. The van der Waals surface area contributed by atoms with Crippen molar-refractivity contribution in [2.45, 2.75) is 18.9 Å². The molecule has 1 aliphatic heterocycles. The number of aryl methyl sites for hydroxylation is 1. The fourth-order valence-electron chi connectivity index (χ4n) is 3.70. The Balaban J connectivity index is 1.54. The van der Waals surface area contributed by atoms with Crippen molar-refractivity contribution in [3.05, 3.63) is 41.2 Å². The number of fused-ring (bicyclic) bond motifs is 2. The van der Waals surface area contributed by atoms with E-state index in [0.717, 1.165) is 23.7 Å². The molecule has 0 radical (unpaired) electrons. The maximum Gasteiger partial charge on any atom is 0.255 e. The van der Waals surface area contributed by atoms with E-state index in [1.54, 1.807) is 17.1 Å². The van der Waals surface area contributed by atoms with E-state index in [0.29, 0.717) is 46.4 Å². The number of halogens is 1. The lowest BCUT2D eigenvalue weighted by Crippen LogP contribution is -2.38. The van der Waals surface area contributed by atoms with Gasteiger partial charge in [-0.25, -0.2) is 9.97 Å². The maximum atomic E-state index is 12.8. The van der Waals surface area contributed by atoms with Gasteiger partial charge in [-0.3, -0.25) is 9.48 Å². The van der Waals surface area contributed by atoms with Crippen LogP contribution in [0.2, 0.25) is 5.02 Å². The second-order valence-electron chi connectivity index (χ2n) is 7.15. The average molecular weight is 411 g/mol. The Hall–Kier alpha value is -2.97. The van der Waals surface area contributed by atoms with E-state index in [1.165, 1.54) is 0 Å². The number of aromatic nitrogens is 5. The number of hydrogen-bond acceptors (Lipinski definition) is 5. The molecular weight excluding hydrogens is 392 g/mol. The summed E-state index contributed by atoms with van der Waals surface area (Å²) in [6.45, 7) is 1.33. The predicted octanol–water partition coefficient (Wildman–Crippen LogP) is 3.07. The molecular formula is C20H19ClN6O2. The highest BCUT2D eigenvalue weighted by Gasteiger charge is 2.21. The summed E-state index contributed by atoms with van der Waals surface area (Å²) in [5.74, 6) is -0.160. The summed E-state index contributed by atoms with van der Waals surface area (Å²) in [5, 5.41) is 9.23. The summed E-state index contributed by atoms with van der Waals surface area (Å²) in [5.41, 5.74) is 3.77. The summed E-state index contributed by atoms with van der Waals surface area (Å²) < 4.78 is 7.12. The van der Waals surface area contributed by atoms with Crippen LogP contribution in [0, 0.1) is 0 Å². The molecule has 9 heteroatoms. The SMILES string of the molecule is Cn1nc(-c2cnc3[nH]cc(C(=O)NC4CCOCC4)c3n2)c2ccc(Cl)cc21. The Labute approximate surface area is 171 Å². The van der Waals surface area contributed by atoms with Crippen LogP contribution in [0.3, 0.4) is 0 Å². The monoisotopic (exact) mass is 410 g/mol. The molecule has 0 atom stereocenters. The number of hydrogen-bond donors (Lipinski definition) is 2. The molecule has 0 saturated carbocycles. The number of carbonyl (C=O) groups is 1. The third kappa shape index (κ3) is 3.24. The van der Waals surface area contributed by atoms with E-state index in [9.17, 15) is 4.79 Å². The van der Waals surface area contributed by atoms with Crippen molar-refractivity contribution in [2.24, 2.45) is 7.05 Å². The second-order valence-corrected chi connectivity index (χ2v) is 7.59. The van der Waals surface area contributed by atoms with Crippen LogP contribution in [0.1, 0.15) is 23.2 Å². The van der Waals surface area contributed by atoms with Crippen LogP contribution in [-0.2, 0) is 11.8 Å². The fraction of sp³-hybridized carbons (Fsp3) is 0.300. The van der Waals surface area contributed by atoms with Crippen molar-refractivity contribution < 1.29 is 9.53 Å². The predicted molar refractivity (Wildman–Crippen MR) is 110 cm³/mol. The largest absolute Gasteiger partial charge is 0.381 e. The van der Waals surface area contributed by atoms with Gasteiger partial charge in [0.25, 0.3) is 5.91 Å². The van der Waals surface area contributed by atoms with Gasteiger partial charge in [-0.15, -0.1) is 0 Å². The number of rotatable bonds is 3. The highest BCUT2D eigenvalue weighted by atomic mass is 35.5. The summed E-state index contributed by atoms with van der Waals surface area (Å²) in [6.07, 6.45) is 4.94. The van der Waals surface area contributed by atoms with Crippen LogP contribution in [-0.4, -0.2) is 49.9 Å². The number of aromatic amines is 1. The van der Waals surface area contributed by atoms with Crippen molar-refractivity contribution >= 4 is 39.6 Å². The third-order valence-corrected chi connectivity index (χ3v) is 5.47. The number of benzene rings is 1. The van der Waals surface area contributed by atoms with E-state index in [1.807, 2.05) is 25.2 Å². The van der Waals surface area contributed by atoms with Gasteiger partial charge in [-0.05, 0) is 31.0 Å². The topological polar surface area (TPSA) is 97.7 Å². The molecule has 1 saturated heterocycles. The molecule has 1 aliphatic rings. The molecule has 148 valence electrons. The molecule has 0 aliphatic carbocycles. The van der Waals surface area contributed by atoms with Crippen LogP contribution in [0.25, 0.3) is 33.5 Å². The van der Waals surface area contributed by atoms with E-state index in [-0.39, 0.29) is 11.9 Å². The Bertz CT molecular complexity index is 1220. The Morgan fingerprint density at radius 1 is 1.34 bits per heavy atom. The third-order valence-electron chi connectivity index (χ3n) is 5.24. The summed E-state index contributed by atoms with van der Waals surface area (Å²) in [7, 11) is 1.86. The zero-order chi connectivity index (χ0) is 20.0. The molecule has 0 bridgehead atoms. The van der Waals surface area contributed by atoms with Gasteiger partial charge in [0, 0.05) is 42.9 Å². The van der Waals surface area contributed by atoms with Crippen LogP contribution < -0.4 is 5.32 Å². The number of amides is 1. The Morgan fingerprint density at radius 2 is 2.17 bits per heavy atom. The minimum Gasteiger partial charge on any atom is -0.381 e. The summed E-state index contributed by atoms with van der Waals surface area (Å²) >= 11 is 6.12. The van der Waals surface area contributed by atoms with E-state index in [4.69, 9.17) is 21.3 Å². The van der Waals surface area contributed by atoms with Gasteiger partial charge in [0.1, 0.15) is 16.9 Å². The highest BCUT2D eigenvalue weighted by molar-refractivity contribution is 6.31. The first kappa shape index (κ1) is 18.1. The van der Waals surface area contributed by atoms with Crippen molar-refractivity contribution in [1.82, 2.24) is 30.0 Å². The molecule has 8 nitrogen and oxygen atoms in total. The summed E-state index contributed by atoms with van der Waals surface area (Å²) in [4.78, 5) is 25.0. The molecule has 5 rings (SSSR count). The van der Waals surface area contributed by atoms with Crippen LogP contribution >= 0.6 is 11.6 Å². The second kappa shape index (κ2) is 7.13. The quantitative estimate of drug-likeness (QED) is 0.541. The first-order valence-corrected chi connectivity index (χ1v) is 9.83. The molecule has 0 unspecified atom stereocenters. The molecule has 2 N–H and O–H groups in total. The average Bonchev–Trinajstić information content (AvgIpc) is 3.29. The maximum absolute atomic E-state index is 12.8. The molecule has 1 aromatic carbocycles. The smallest absolute Gasteiger partial charge is 0.255 e. The molecule has 29 heavy (non-hydrogen) atoms. The zero-order valence-electron chi connectivity index (χ0n) is 15.8. The van der Waals surface area contributed by atoms with Gasteiger partial charge in [-0.1, -0.05) is 11.6 Å². The number of nitrogens with zero attached hydrogens (tertiary/aromatic N) is 4. The summed E-state index contributed by atoms with van der Waals surface area (Å²) in [6, 6.07) is 5.72. The molecule has 0 spiro atoms. The van der Waals surface area contributed by atoms with Gasteiger partial charge < -0.3 is 15.0 Å². The standard InChI is InChI=1S/C20H19ClN6O2/c1-27-16-8-11(21)2-3-13(16)17(26-27)15-10-23-19-18(25-15)14(9-22-19)20(28)24-12-4-6-29-7-5-12/h2-3,8-10,12H,4-7H2,1H3,(H,22,23)(H,24,28). The number of ether oxygens (including phenoxy) is 1. The van der Waals surface area contributed by atoms with Crippen molar-refractivity contribution in [3.8, 4) is 11.4 Å². The molecule has 4 aromatic rings. The molecule has 1 fully saturated rings. The van der Waals surface area contributed by atoms with Gasteiger partial charge >= 0.3 is 0 Å². The first-order chi connectivity index (χ1) is 14.1. The van der Waals surface area contributed by atoms with Crippen molar-refractivity contribution in [3.63, 3.8) is 0 Å². The van der Waals surface area contributed by atoms with Gasteiger partial charge in [0.15, 0.2) is 5.65 Å². The van der Waals surface area contributed by atoms with Gasteiger partial charge in [0.05, 0.1) is 17.3 Å². The van der Waals surface area contributed by atoms with E-state index >= 15 is 0 Å². The lowest BCUT2D eigenvalue weighted by molar-refractivity contribution is 0.0697. The Morgan fingerprint density at radius 3 is 3.00 bits per heavy atom. The normalized spacial score (nSPS) is 15.2. The zero-order valence-corrected chi connectivity index (χ0v) is 16.5. The molecule has 3 aromatic heterocycles. The lowest BCUT2D eigenvalue weighted by atomic mass is 10.1. The van der Waals surface area contributed by atoms with Crippen LogP contribution in [0.4, 0.5) is 0 Å². The van der Waals surface area contributed by atoms with Gasteiger partial charge in [0.2, 0.25) is 0 Å². The minimum atomic E-state index is -0.160. The molecule has 4 heterocycles. The van der Waals surface area contributed by atoms with E-state index in [2.05, 4.69) is 20.4 Å². The van der Waals surface area contributed by atoms with Crippen molar-refractivity contribution in [1.29, 1.82) is 0 Å². The fourth-order valence-corrected chi connectivity index (χ4v) is 3.87. The number of nitrogens with one attached hydrogen (secondary N) is 2. The number of carbonyl (C=O) groups excluding carboxylic acids is 1.